The van der Waals surface area contributed by atoms with Crippen molar-refractivity contribution in [2.24, 2.45) is 11.8 Å². The fraction of sp³-hybridized carbons (Fsp3) is 0.545. The number of carbonyl (C=O) groups excluding carboxylic acids is 1. The van der Waals surface area contributed by atoms with Crippen LogP contribution in [0.4, 0.5) is 5.00 Å². The number of nitrogens with zero attached hydrogens (tertiary/aromatic N) is 1. The minimum atomic E-state index is -1.07. The van der Waals surface area contributed by atoms with Crippen LogP contribution in [0.2, 0.25) is 0 Å². The van der Waals surface area contributed by atoms with Gasteiger partial charge in [-0.25, -0.2) is 4.79 Å². The zero-order chi connectivity index (χ0) is 13.2. The Hall–Kier alpha value is -1.43. The number of carboxylic acid groups (broad SMARTS) is 1. The molecule has 1 rings (SSSR count). The Morgan fingerprint density at radius 2 is 1.94 bits per heavy atom. The number of hydrogen-bond donors (Lipinski definition) is 2. The quantitative estimate of drug-likeness (QED) is 0.866. The number of rotatable bonds is 4. The minimum absolute atomic E-state index is 0.0827. The molecule has 0 saturated heterocycles. The molecule has 0 spiro atoms. The summed E-state index contributed by atoms with van der Waals surface area (Å²) in [6.07, 6.45) is 0. The third-order valence-corrected chi connectivity index (χ3v) is 3.58. The maximum absolute atomic E-state index is 11.8. The number of nitrogens with one attached hydrogen (secondary N) is 1. The molecule has 0 saturated carbocycles. The van der Waals surface area contributed by atoms with E-state index >= 15 is 0 Å². The van der Waals surface area contributed by atoms with Crippen molar-refractivity contribution in [3.63, 3.8) is 0 Å². The first-order chi connectivity index (χ1) is 7.84. The summed E-state index contributed by atoms with van der Waals surface area (Å²) in [7, 11) is 0. The molecule has 6 heteroatoms. The first kappa shape index (κ1) is 13.6. The van der Waals surface area contributed by atoms with Gasteiger partial charge in [-0.2, -0.15) is 4.37 Å². The number of anilines is 1. The number of aryl methyl sites for hydroxylation is 1. The molecule has 0 radical (unpaired) electrons. The molecule has 1 aromatic rings. The molecule has 17 heavy (non-hydrogen) atoms. The van der Waals surface area contributed by atoms with E-state index in [1.807, 2.05) is 20.8 Å². The summed E-state index contributed by atoms with van der Waals surface area (Å²) in [5.41, 5.74) is 0.509. The lowest BCUT2D eigenvalue weighted by molar-refractivity contribution is -0.120. The summed E-state index contributed by atoms with van der Waals surface area (Å²) < 4.78 is 3.94. The largest absolute Gasteiger partial charge is 0.478 e. The second kappa shape index (κ2) is 5.27. The first-order valence-corrected chi connectivity index (χ1v) is 6.12. The van der Waals surface area contributed by atoms with Gasteiger partial charge >= 0.3 is 5.97 Å². The van der Waals surface area contributed by atoms with Crippen LogP contribution in [0.15, 0.2) is 0 Å². The highest BCUT2D eigenvalue weighted by Gasteiger charge is 2.22. The number of carboxylic acids is 1. The van der Waals surface area contributed by atoms with E-state index in [4.69, 9.17) is 5.11 Å². The normalized spacial score (nSPS) is 12.5. The molecule has 0 fully saturated rings. The Labute approximate surface area is 104 Å². The van der Waals surface area contributed by atoms with Crippen molar-refractivity contribution >= 4 is 28.4 Å². The lowest BCUT2D eigenvalue weighted by Crippen LogP contribution is -2.24. The van der Waals surface area contributed by atoms with Crippen molar-refractivity contribution in [2.75, 3.05) is 5.32 Å². The number of amides is 1. The number of aromatic carboxylic acids is 1. The van der Waals surface area contributed by atoms with Crippen molar-refractivity contribution in [3.05, 3.63) is 11.3 Å². The van der Waals surface area contributed by atoms with E-state index in [-0.39, 0.29) is 23.3 Å². The van der Waals surface area contributed by atoms with Crippen molar-refractivity contribution in [1.82, 2.24) is 4.37 Å². The van der Waals surface area contributed by atoms with E-state index in [1.54, 1.807) is 6.92 Å². The lowest BCUT2D eigenvalue weighted by atomic mass is 9.97. The molecule has 1 heterocycles. The van der Waals surface area contributed by atoms with Crippen LogP contribution >= 0.6 is 11.5 Å². The van der Waals surface area contributed by atoms with Crippen molar-refractivity contribution < 1.29 is 14.7 Å². The van der Waals surface area contributed by atoms with Gasteiger partial charge in [0.2, 0.25) is 5.91 Å². The van der Waals surface area contributed by atoms with E-state index in [1.165, 1.54) is 0 Å². The van der Waals surface area contributed by atoms with Crippen LogP contribution in [0.25, 0.3) is 0 Å². The Balaban J connectivity index is 2.89. The fourth-order valence-electron chi connectivity index (χ4n) is 1.24. The van der Waals surface area contributed by atoms with Gasteiger partial charge in [0.05, 0.1) is 5.69 Å². The molecule has 5 nitrogen and oxygen atoms in total. The van der Waals surface area contributed by atoms with Crippen LogP contribution < -0.4 is 5.32 Å². The van der Waals surface area contributed by atoms with Gasteiger partial charge < -0.3 is 10.4 Å². The summed E-state index contributed by atoms with van der Waals surface area (Å²) in [5.74, 6) is -1.20. The van der Waals surface area contributed by atoms with Gasteiger partial charge in [0.15, 0.2) is 0 Å². The molecular formula is C11H16N2O3S. The van der Waals surface area contributed by atoms with Crippen LogP contribution in [0.1, 0.15) is 36.8 Å². The Morgan fingerprint density at radius 3 is 2.41 bits per heavy atom. The van der Waals surface area contributed by atoms with Gasteiger partial charge in [-0.1, -0.05) is 20.8 Å². The highest BCUT2D eigenvalue weighted by Crippen LogP contribution is 2.25. The monoisotopic (exact) mass is 256 g/mol. The molecule has 0 bridgehead atoms. The lowest BCUT2D eigenvalue weighted by Gasteiger charge is -2.14. The van der Waals surface area contributed by atoms with Gasteiger partial charge in [-0.05, 0) is 24.4 Å². The summed E-state index contributed by atoms with van der Waals surface area (Å²) in [6, 6.07) is 0. The van der Waals surface area contributed by atoms with Crippen molar-refractivity contribution in [3.8, 4) is 0 Å². The summed E-state index contributed by atoms with van der Waals surface area (Å²) in [4.78, 5) is 22.8. The molecule has 0 aliphatic heterocycles. The molecule has 1 amide bonds. The zero-order valence-electron chi connectivity index (χ0n) is 10.3. The maximum Gasteiger partial charge on any atom is 0.340 e. The highest BCUT2D eigenvalue weighted by molar-refractivity contribution is 7.11. The number of hydrogen-bond acceptors (Lipinski definition) is 4. The molecule has 1 atom stereocenters. The zero-order valence-corrected chi connectivity index (χ0v) is 11.1. The highest BCUT2D eigenvalue weighted by atomic mass is 32.1. The van der Waals surface area contributed by atoms with E-state index in [0.29, 0.717) is 10.7 Å². The van der Waals surface area contributed by atoms with Gasteiger partial charge in [0.25, 0.3) is 0 Å². The average Bonchev–Trinajstić information content (AvgIpc) is 2.58. The maximum atomic E-state index is 11.8. The molecule has 0 aliphatic rings. The predicted molar refractivity (Wildman–Crippen MR) is 66.4 cm³/mol. The molecule has 1 aromatic heterocycles. The average molecular weight is 256 g/mol. The number of carbonyl (C=O) groups is 2. The Bertz CT molecular complexity index is 440. The Morgan fingerprint density at radius 1 is 1.35 bits per heavy atom. The van der Waals surface area contributed by atoms with E-state index in [2.05, 4.69) is 9.69 Å². The number of aromatic nitrogens is 1. The van der Waals surface area contributed by atoms with Crippen molar-refractivity contribution in [2.45, 2.75) is 27.7 Å². The third-order valence-electron chi connectivity index (χ3n) is 2.73. The van der Waals surface area contributed by atoms with E-state index < -0.39 is 5.97 Å². The smallest absolute Gasteiger partial charge is 0.340 e. The molecular weight excluding hydrogens is 240 g/mol. The molecule has 0 aromatic carbocycles. The van der Waals surface area contributed by atoms with Gasteiger partial charge in [-0.15, -0.1) is 0 Å². The molecule has 1 unspecified atom stereocenters. The van der Waals surface area contributed by atoms with Gasteiger partial charge in [0.1, 0.15) is 10.6 Å². The van der Waals surface area contributed by atoms with Crippen LogP contribution in [0, 0.1) is 18.8 Å². The van der Waals surface area contributed by atoms with Crippen molar-refractivity contribution in [1.29, 1.82) is 0 Å². The van der Waals surface area contributed by atoms with Gasteiger partial charge in [0, 0.05) is 5.92 Å². The molecule has 2 N–H and O–H groups in total. The second-order valence-corrected chi connectivity index (χ2v) is 5.07. The summed E-state index contributed by atoms with van der Waals surface area (Å²) in [6.45, 7) is 7.32. The SMILES string of the molecule is Cc1nsc(NC(=O)C(C)C(C)C)c1C(=O)O. The topological polar surface area (TPSA) is 79.3 Å². The van der Waals surface area contributed by atoms with Crippen LogP contribution in [-0.2, 0) is 4.79 Å². The summed E-state index contributed by atoms with van der Waals surface area (Å²) >= 11 is 0.999. The predicted octanol–water partition coefficient (Wildman–Crippen LogP) is 2.38. The Kier molecular flexibility index (Phi) is 4.22. The van der Waals surface area contributed by atoms with E-state index in [9.17, 15) is 9.59 Å². The minimum Gasteiger partial charge on any atom is -0.478 e. The fourth-order valence-corrected chi connectivity index (χ4v) is 2.03. The molecule has 94 valence electrons. The van der Waals surface area contributed by atoms with Gasteiger partial charge in [-0.3, -0.25) is 4.79 Å². The van der Waals surface area contributed by atoms with Crippen LogP contribution in [-0.4, -0.2) is 21.4 Å². The molecule has 0 aliphatic carbocycles. The van der Waals surface area contributed by atoms with E-state index in [0.717, 1.165) is 11.5 Å². The standard InChI is InChI=1S/C11H16N2O3S/c1-5(2)6(3)9(14)12-10-8(11(15)16)7(4)13-17-10/h5-6H,1-4H3,(H,12,14)(H,15,16). The van der Waals surface area contributed by atoms with Crippen LogP contribution in [0.3, 0.4) is 0 Å². The summed E-state index contributed by atoms with van der Waals surface area (Å²) in [5, 5.41) is 12.0. The van der Waals surface area contributed by atoms with Crippen LogP contribution in [0.5, 0.6) is 0 Å². The second-order valence-electron chi connectivity index (χ2n) is 4.30. The first-order valence-electron chi connectivity index (χ1n) is 5.35. The third kappa shape index (κ3) is 3.03.